The Morgan fingerprint density at radius 3 is 2.35 bits per heavy atom. The predicted molar refractivity (Wildman–Crippen MR) is 79.9 cm³/mol. The fourth-order valence-corrected chi connectivity index (χ4v) is 2.12. The van der Waals surface area contributed by atoms with Crippen LogP contribution in [0.3, 0.4) is 0 Å². The van der Waals surface area contributed by atoms with Gasteiger partial charge in [0.2, 0.25) is 0 Å². The quantitative estimate of drug-likeness (QED) is 0.833. The minimum atomic E-state index is -0.00574. The molecule has 0 fully saturated rings. The molecular formula is C17H19NO2. The highest BCUT2D eigenvalue weighted by Gasteiger charge is 2.17. The number of amides is 1. The van der Waals surface area contributed by atoms with Crippen molar-refractivity contribution in [2.24, 2.45) is 0 Å². The van der Waals surface area contributed by atoms with Crippen LogP contribution in [-0.4, -0.2) is 24.5 Å². The molecule has 0 saturated heterocycles. The maximum absolute atomic E-state index is 12.6. The number of hydrogen-bond acceptors (Lipinski definition) is 2. The first kappa shape index (κ1) is 14.1. The highest BCUT2D eigenvalue weighted by atomic mass is 16.5. The topological polar surface area (TPSA) is 29.5 Å². The molecule has 3 nitrogen and oxygen atoms in total. The Bertz CT molecular complexity index is 566. The largest absolute Gasteiger partial charge is 0.496 e. The molecule has 0 aromatic heterocycles. The van der Waals surface area contributed by atoms with Crippen LogP contribution in [-0.2, 0) is 6.54 Å². The summed E-state index contributed by atoms with van der Waals surface area (Å²) in [4.78, 5) is 14.4. The summed E-state index contributed by atoms with van der Waals surface area (Å²) in [5.74, 6) is 0.609. The first-order valence-electron chi connectivity index (χ1n) is 6.72. The molecule has 0 aliphatic rings. The van der Waals surface area contributed by atoms with Gasteiger partial charge in [-0.25, -0.2) is 0 Å². The van der Waals surface area contributed by atoms with Gasteiger partial charge in [-0.3, -0.25) is 4.79 Å². The van der Waals surface area contributed by atoms with E-state index in [1.165, 1.54) is 0 Å². The van der Waals surface area contributed by atoms with Crippen molar-refractivity contribution < 1.29 is 9.53 Å². The second-order valence-corrected chi connectivity index (χ2v) is 4.51. The number of methoxy groups -OCH3 is 1. The summed E-state index contributed by atoms with van der Waals surface area (Å²) in [6.07, 6.45) is 0. The van der Waals surface area contributed by atoms with Gasteiger partial charge in [0.05, 0.1) is 12.7 Å². The number of carbonyl (C=O) groups excluding carboxylic acids is 1. The highest BCUT2D eigenvalue weighted by Crippen LogP contribution is 2.20. The lowest BCUT2D eigenvalue weighted by molar-refractivity contribution is 0.0749. The molecule has 20 heavy (non-hydrogen) atoms. The van der Waals surface area contributed by atoms with Crippen molar-refractivity contribution in [3.8, 4) is 5.75 Å². The zero-order chi connectivity index (χ0) is 14.4. The van der Waals surface area contributed by atoms with Crippen molar-refractivity contribution in [3.05, 3.63) is 65.7 Å². The molecule has 3 heteroatoms. The van der Waals surface area contributed by atoms with Gasteiger partial charge in [0.15, 0.2) is 0 Å². The van der Waals surface area contributed by atoms with Gasteiger partial charge in [0.25, 0.3) is 5.91 Å². The van der Waals surface area contributed by atoms with E-state index in [-0.39, 0.29) is 5.91 Å². The molecule has 0 bridgehead atoms. The average molecular weight is 269 g/mol. The fourth-order valence-electron chi connectivity index (χ4n) is 2.12. The number of rotatable bonds is 5. The van der Waals surface area contributed by atoms with Crippen LogP contribution in [0.15, 0.2) is 54.6 Å². The van der Waals surface area contributed by atoms with Gasteiger partial charge in [0, 0.05) is 13.1 Å². The number of hydrogen-bond donors (Lipinski definition) is 0. The zero-order valence-corrected chi connectivity index (χ0v) is 11.9. The summed E-state index contributed by atoms with van der Waals surface area (Å²) in [5, 5.41) is 0. The van der Waals surface area contributed by atoms with Gasteiger partial charge in [-0.2, -0.15) is 0 Å². The van der Waals surface area contributed by atoms with E-state index in [0.29, 0.717) is 24.4 Å². The van der Waals surface area contributed by atoms with Crippen molar-refractivity contribution >= 4 is 5.91 Å². The van der Waals surface area contributed by atoms with E-state index in [1.54, 1.807) is 13.2 Å². The second kappa shape index (κ2) is 6.75. The van der Waals surface area contributed by atoms with Crippen LogP contribution in [0.4, 0.5) is 0 Å². The lowest BCUT2D eigenvalue weighted by Crippen LogP contribution is -2.30. The monoisotopic (exact) mass is 269 g/mol. The standard InChI is InChI=1S/C17H19NO2/c1-3-18(13-14-9-5-4-6-10-14)17(19)15-11-7-8-12-16(15)20-2/h4-12H,3,13H2,1-2H3. The lowest BCUT2D eigenvalue weighted by atomic mass is 10.1. The molecule has 0 aliphatic heterocycles. The summed E-state index contributed by atoms with van der Waals surface area (Å²) < 4.78 is 5.26. The first-order valence-corrected chi connectivity index (χ1v) is 6.72. The van der Waals surface area contributed by atoms with Crippen LogP contribution in [0.2, 0.25) is 0 Å². The molecule has 0 aliphatic carbocycles. The van der Waals surface area contributed by atoms with E-state index < -0.39 is 0 Å². The molecule has 2 aromatic rings. The molecule has 0 N–H and O–H groups in total. The van der Waals surface area contributed by atoms with Crippen LogP contribution < -0.4 is 4.74 Å². The van der Waals surface area contributed by atoms with Gasteiger partial charge in [0.1, 0.15) is 5.75 Å². The van der Waals surface area contributed by atoms with E-state index in [9.17, 15) is 4.79 Å². The summed E-state index contributed by atoms with van der Waals surface area (Å²) in [6.45, 7) is 3.25. The fraction of sp³-hybridized carbons (Fsp3) is 0.235. The zero-order valence-electron chi connectivity index (χ0n) is 11.9. The lowest BCUT2D eigenvalue weighted by Gasteiger charge is -2.22. The van der Waals surface area contributed by atoms with Crippen LogP contribution >= 0.6 is 0 Å². The molecule has 0 radical (unpaired) electrons. The Labute approximate surface area is 119 Å². The van der Waals surface area contributed by atoms with Gasteiger partial charge >= 0.3 is 0 Å². The Morgan fingerprint density at radius 1 is 1.05 bits per heavy atom. The maximum Gasteiger partial charge on any atom is 0.257 e. The van der Waals surface area contributed by atoms with Gasteiger partial charge in [-0.05, 0) is 24.6 Å². The molecule has 104 valence electrons. The van der Waals surface area contributed by atoms with Crippen LogP contribution in [0.25, 0.3) is 0 Å². The molecule has 0 atom stereocenters. The number of carbonyl (C=O) groups is 1. The van der Waals surface area contributed by atoms with Crippen LogP contribution in [0, 0.1) is 0 Å². The Balaban J connectivity index is 2.21. The average Bonchev–Trinajstić information content (AvgIpc) is 2.53. The minimum Gasteiger partial charge on any atom is -0.496 e. The van der Waals surface area contributed by atoms with E-state index in [1.807, 2.05) is 60.4 Å². The van der Waals surface area contributed by atoms with Crippen molar-refractivity contribution in [3.63, 3.8) is 0 Å². The Morgan fingerprint density at radius 2 is 1.70 bits per heavy atom. The van der Waals surface area contributed by atoms with Crippen LogP contribution in [0.5, 0.6) is 5.75 Å². The molecule has 0 heterocycles. The number of para-hydroxylation sites is 1. The Hall–Kier alpha value is -2.29. The van der Waals surface area contributed by atoms with Crippen molar-refractivity contribution in [2.75, 3.05) is 13.7 Å². The highest BCUT2D eigenvalue weighted by molar-refractivity contribution is 5.96. The second-order valence-electron chi connectivity index (χ2n) is 4.51. The third kappa shape index (κ3) is 3.18. The normalized spacial score (nSPS) is 10.1. The molecule has 0 saturated carbocycles. The summed E-state index contributed by atoms with van der Waals surface area (Å²) in [7, 11) is 1.58. The summed E-state index contributed by atoms with van der Waals surface area (Å²) >= 11 is 0. The van der Waals surface area contributed by atoms with Gasteiger partial charge in [-0.15, -0.1) is 0 Å². The minimum absolute atomic E-state index is 0.00574. The smallest absolute Gasteiger partial charge is 0.257 e. The van der Waals surface area contributed by atoms with E-state index in [2.05, 4.69) is 0 Å². The maximum atomic E-state index is 12.6. The van der Waals surface area contributed by atoms with E-state index >= 15 is 0 Å². The van der Waals surface area contributed by atoms with Crippen molar-refractivity contribution in [1.29, 1.82) is 0 Å². The molecular weight excluding hydrogens is 250 g/mol. The first-order chi connectivity index (χ1) is 9.76. The van der Waals surface area contributed by atoms with Gasteiger partial charge in [-0.1, -0.05) is 42.5 Å². The third-order valence-electron chi connectivity index (χ3n) is 3.22. The molecule has 1 amide bonds. The SMILES string of the molecule is CCN(Cc1ccccc1)C(=O)c1ccccc1OC. The van der Waals surface area contributed by atoms with E-state index in [0.717, 1.165) is 5.56 Å². The molecule has 0 spiro atoms. The number of ether oxygens (including phenoxy) is 1. The molecule has 2 aromatic carbocycles. The van der Waals surface area contributed by atoms with Crippen molar-refractivity contribution in [2.45, 2.75) is 13.5 Å². The number of nitrogens with zero attached hydrogens (tertiary/aromatic N) is 1. The molecule has 0 unspecified atom stereocenters. The van der Waals surface area contributed by atoms with Gasteiger partial charge < -0.3 is 9.64 Å². The van der Waals surface area contributed by atoms with Crippen LogP contribution in [0.1, 0.15) is 22.8 Å². The Kier molecular flexibility index (Phi) is 4.77. The summed E-state index contributed by atoms with van der Waals surface area (Å²) in [6, 6.07) is 17.3. The third-order valence-corrected chi connectivity index (χ3v) is 3.22. The predicted octanol–water partition coefficient (Wildman–Crippen LogP) is 3.36. The molecule has 2 rings (SSSR count). The number of benzene rings is 2. The van der Waals surface area contributed by atoms with E-state index in [4.69, 9.17) is 4.74 Å². The van der Waals surface area contributed by atoms with Crippen molar-refractivity contribution in [1.82, 2.24) is 4.90 Å². The summed E-state index contributed by atoms with van der Waals surface area (Å²) in [5.41, 5.74) is 1.73.